The summed E-state index contributed by atoms with van der Waals surface area (Å²) in [5, 5.41) is 4.26. The molecule has 0 radical (unpaired) electrons. The van der Waals surface area contributed by atoms with E-state index in [-0.39, 0.29) is 11.9 Å². The van der Waals surface area contributed by atoms with E-state index in [9.17, 15) is 4.79 Å². The van der Waals surface area contributed by atoms with Crippen molar-refractivity contribution in [2.24, 2.45) is 0 Å². The van der Waals surface area contributed by atoms with Gasteiger partial charge in [0.05, 0.1) is 11.8 Å². The lowest BCUT2D eigenvalue weighted by Crippen LogP contribution is -2.37. The molecule has 5 nitrogen and oxygen atoms in total. The summed E-state index contributed by atoms with van der Waals surface area (Å²) in [7, 11) is 0. The van der Waals surface area contributed by atoms with Crippen LogP contribution < -0.4 is 0 Å². The molecule has 1 amide bonds. The van der Waals surface area contributed by atoms with Crippen molar-refractivity contribution in [1.82, 2.24) is 19.7 Å². The zero-order chi connectivity index (χ0) is 15.5. The number of aromatic nitrogens is 3. The summed E-state index contributed by atoms with van der Waals surface area (Å²) in [5.41, 5.74) is 2.02. The van der Waals surface area contributed by atoms with Gasteiger partial charge >= 0.3 is 0 Å². The van der Waals surface area contributed by atoms with Crippen LogP contribution in [0.1, 0.15) is 54.6 Å². The minimum Gasteiger partial charge on any atom is -0.339 e. The molecule has 1 saturated heterocycles. The van der Waals surface area contributed by atoms with E-state index in [0.717, 1.165) is 25.9 Å². The number of likely N-dealkylation sites (tertiary alicyclic amines) is 1. The molecule has 22 heavy (non-hydrogen) atoms. The van der Waals surface area contributed by atoms with Crippen molar-refractivity contribution >= 4 is 5.91 Å². The maximum absolute atomic E-state index is 12.5. The highest BCUT2D eigenvalue weighted by molar-refractivity contribution is 5.93. The van der Waals surface area contributed by atoms with Gasteiger partial charge in [-0.15, -0.1) is 0 Å². The van der Waals surface area contributed by atoms with Crippen molar-refractivity contribution in [3.05, 3.63) is 48.0 Å². The Balaban J connectivity index is 1.62. The number of amides is 1. The van der Waals surface area contributed by atoms with Gasteiger partial charge in [0.1, 0.15) is 0 Å². The van der Waals surface area contributed by atoms with Gasteiger partial charge in [-0.05, 0) is 50.3 Å². The van der Waals surface area contributed by atoms with Crippen molar-refractivity contribution in [2.75, 3.05) is 13.1 Å². The summed E-state index contributed by atoms with van der Waals surface area (Å²) in [6, 6.07) is 4.43. The molecule has 1 aliphatic rings. The van der Waals surface area contributed by atoms with Crippen molar-refractivity contribution in [1.29, 1.82) is 0 Å². The Morgan fingerprint density at radius 1 is 1.23 bits per heavy atom. The van der Waals surface area contributed by atoms with Crippen LogP contribution in [0.5, 0.6) is 0 Å². The molecule has 0 unspecified atom stereocenters. The molecule has 5 heteroatoms. The van der Waals surface area contributed by atoms with Crippen molar-refractivity contribution in [3.8, 4) is 0 Å². The Hall–Kier alpha value is -2.17. The molecular formula is C17H22N4O. The molecule has 0 aromatic carbocycles. The molecule has 3 rings (SSSR count). The Kier molecular flexibility index (Phi) is 4.22. The maximum Gasteiger partial charge on any atom is 0.257 e. The standard InChI is InChI=1S/C17H22N4O/c1-13(2)21-12-16(11-19-21)17(22)20-9-5-15(6-10-20)14-3-7-18-8-4-14/h3-4,7-8,11-13,15H,5-6,9-10H2,1-2H3. The second-order valence-corrected chi connectivity index (χ2v) is 6.15. The Bertz CT molecular complexity index is 627. The predicted molar refractivity (Wildman–Crippen MR) is 84.7 cm³/mol. The molecule has 1 aliphatic heterocycles. The third-order valence-electron chi connectivity index (χ3n) is 4.34. The summed E-state index contributed by atoms with van der Waals surface area (Å²) in [5.74, 6) is 0.630. The highest BCUT2D eigenvalue weighted by Crippen LogP contribution is 2.28. The summed E-state index contributed by atoms with van der Waals surface area (Å²) in [6.45, 7) is 5.72. The molecule has 2 aromatic rings. The summed E-state index contributed by atoms with van der Waals surface area (Å²) in [4.78, 5) is 18.6. The van der Waals surface area contributed by atoms with E-state index in [2.05, 4.69) is 36.1 Å². The zero-order valence-corrected chi connectivity index (χ0v) is 13.1. The van der Waals surface area contributed by atoms with E-state index in [1.807, 2.05) is 28.2 Å². The first-order valence-corrected chi connectivity index (χ1v) is 7.88. The van der Waals surface area contributed by atoms with E-state index in [4.69, 9.17) is 0 Å². The largest absolute Gasteiger partial charge is 0.339 e. The van der Waals surface area contributed by atoms with E-state index >= 15 is 0 Å². The highest BCUT2D eigenvalue weighted by atomic mass is 16.2. The molecule has 2 aromatic heterocycles. The van der Waals surface area contributed by atoms with Crippen LogP contribution in [-0.2, 0) is 0 Å². The van der Waals surface area contributed by atoms with E-state index in [1.165, 1.54) is 5.56 Å². The highest BCUT2D eigenvalue weighted by Gasteiger charge is 2.25. The summed E-state index contributed by atoms with van der Waals surface area (Å²) in [6.07, 6.45) is 9.22. The number of nitrogens with zero attached hydrogens (tertiary/aromatic N) is 4. The predicted octanol–water partition coefficient (Wildman–Crippen LogP) is 2.88. The quantitative estimate of drug-likeness (QED) is 0.875. The van der Waals surface area contributed by atoms with Gasteiger partial charge in [0.15, 0.2) is 0 Å². The van der Waals surface area contributed by atoms with Gasteiger partial charge in [-0.3, -0.25) is 14.5 Å². The average Bonchev–Trinajstić information content (AvgIpc) is 3.05. The first-order valence-electron chi connectivity index (χ1n) is 7.88. The molecule has 0 aliphatic carbocycles. The monoisotopic (exact) mass is 298 g/mol. The molecule has 0 spiro atoms. The Morgan fingerprint density at radius 3 is 2.50 bits per heavy atom. The van der Waals surface area contributed by atoms with Crippen LogP contribution in [0.15, 0.2) is 36.9 Å². The second kappa shape index (κ2) is 6.30. The molecule has 0 saturated carbocycles. The number of pyridine rings is 1. The number of carbonyl (C=O) groups excluding carboxylic acids is 1. The van der Waals surface area contributed by atoms with E-state index in [1.54, 1.807) is 6.20 Å². The summed E-state index contributed by atoms with van der Waals surface area (Å²) >= 11 is 0. The van der Waals surface area contributed by atoms with Crippen LogP contribution in [0, 0.1) is 0 Å². The van der Waals surface area contributed by atoms with Gasteiger partial charge in [0.25, 0.3) is 5.91 Å². The van der Waals surface area contributed by atoms with Crippen molar-refractivity contribution in [3.63, 3.8) is 0 Å². The fraction of sp³-hybridized carbons (Fsp3) is 0.471. The number of carbonyl (C=O) groups is 1. The van der Waals surface area contributed by atoms with Crippen LogP contribution in [0.4, 0.5) is 0 Å². The van der Waals surface area contributed by atoms with Crippen LogP contribution in [0.3, 0.4) is 0 Å². The minimum absolute atomic E-state index is 0.0973. The molecule has 0 atom stereocenters. The molecule has 0 N–H and O–H groups in total. The molecule has 3 heterocycles. The van der Waals surface area contributed by atoms with Gasteiger partial charge in [-0.25, -0.2) is 0 Å². The smallest absolute Gasteiger partial charge is 0.257 e. The fourth-order valence-electron chi connectivity index (χ4n) is 2.96. The maximum atomic E-state index is 12.5. The Labute approximate surface area is 131 Å². The van der Waals surface area contributed by atoms with Gasteiger partial charge in [-0.1, -0.05) is 0 Å². The van der Waals surface area contributed by atoms with Crippen LogP contribution in [0.2, 0.25) is 0 Å². The minimum atomic E-state index is 0.0973. The normalized spacial score (nSPS) is 16.2. The first kappa shape index (κ1) is 14.8. The van der Waals surface area contributed by atoms with Gasteiger partial charge in [0.2, 0.25) is 0 Å². The zero-order valence-electron chi connectivity index (χ0n) is 13.1. The van der Waals surface area contributed by atoms with Crippen LogP contribution >= 0.6 is 0 Å². The lowest BCUT2D eigenvalue weighted by molar-refractivity contribution is 0.0713. The Morgan fingerprint density at radius 2 is 1.91 bits per heavy atom. The first-order chi connectivity index (χ1) is 10.6. The van der Waals surface area contributed by atoms with Gasteiger partial charge < -0.3 is 4.90 Å². The molecular weight excluding hydrogens is 276 g/mol. The number of rotatable bonds is 3. The molecule has 0 bridgehead atoms. The van der Waals surface area contributed by atoms with Gasteiger partial charge in [0, 0.05) is 37.7 Å². The third kappa shape index (κ3) is 3.03. The number of hydrogen-bond acceptors (Lipinski definition) is 3. The topological polar surface area (TPSA) is 51.0 Å². The lowest BCUT2D eigenvalue weighted by atomic mass is 9.90. The SMILES string of the molecule is CC(C)n1cc(C(=O)N2CCC(c3ccncc3)CC2)cn1. The summed E-state index contributed by atoms with van der Waals surface area (Å²) < 4.78 is 1.83. The van der Waals surface area contributed by atoms with E-state index in [0.29, 0.717) is 11.5 Å². The number of hydrogen-bond donors (Lipinski definition) is 0. The lowest BCUT2D eigenvalue weighted by Gasteiger charge is -2.32. The molecule has 116 valence electrons. The fourth-order valence-corrected chi connectivity index (χ4v) is 2.96. The van der Waals surface area contributed by atoms with Gasteiger partial charge in [-0.2, -0.15) is 5.10 Å². The van der Waals surface area contributed by atoms with Crippen LogP contribution in [0.25, 0.3) is 0 Å². The third-order valence-corrected chi connectivity index (χ3v) is 4.34. The van der Waals surface area contributed by atoms with E-state index < -0.39 is 0 Å². The van der Waals surface area contributed by atoms with Crippen LogP contribution in [-0.4, -0.2) is 38.7 Å². The van der Waals surface area contributed by atoms with Crippen molar-refractivity contribution in [2.45, 2.75) is 38.6 Å². The number of piperidine rings is 1. The average molecular weight is 298 g/mol. The molecule has 1 fully saturated rings. The van der Waals surface area contributed by atoms with Crippen molar-refractivity contribution < 1.29 is 4.79 Å². The second-order valence-electron chi connectivity index (χ2n) is 6.15.